The van der Waals surface area contributed by atoms with Gasteiger partial charge in [0.15, 0.2) is 5.82 Å². The third-order valence-electron chi connectivity index (χ3n) is 12.3. The van der Waals surface area contributed by atoms with Crippen LogP contribution in [0.25, 0.3) is 88.8 Å². The van der Waals surface area contributed by atoms with Crippen molar-refractivity contribution in [2.75, 3.05) is 0 Å². The van der Waals surface area contributed by atoms with Crippen LogP contribution in [0.1, 0.15) is 22.3 Å². The first-order chi connectivity index (χ1) is 28.2. The number of nitrogens with zero attached hydrogens (tertiary/aromatic N) is 2. The SMILES string of the molecule is c1ccc(-c2cccc(-c3cc(-c4ccc5c(c4)-c4ccccc4C54c5ccccc5-c5cc6ccccc6cc54)nc(-c4ccc5ccccc5c4)n3)c2)cc1. The van der Waals surface area contributed by atoms with Gasteiger partial charge in [-0.2, -0.15) is 0 Å². The predicted molar refractivity (Wildman–Crippen MR) is 235 cm³/mol. The van der Waals surface area contributed by atoms with Crippen molar-refractivity contribution in [3.05, 3.63) is 229 Å². The van der Waals surface area contributed by atoms with Crippen molar-refractivity contribution >= 4 is 21.5 Å². The number of hydrogen-bond acceptors (Lipinski definition) is 2. The molecule has 0 aliphatic heterocycles. The van der Waals surface area contributed by atoms with Gasteiger partial charge in [0.2, 0.25) is 0 Å². The maximum Gasteiger partial charge on any atom is 0.160 e. The van der Waals surface area contributed by atoms with Crippen molar-refractivity contribution in [2.24, 2.45) is 0 Å². The fourth-order valence-corrected chi connectivity index (χ4v) is 9.68. The molecule has 0 amide bonds. The molecule has 264 valence electrons. The van der Waals surface area contributed by atoms with Crippen molar-refractivity contribution in [2.45, 2.75) is 5.41 Å². The fraction of sp³-hybridized carbons (Fsp3) is 0.0182. The molecule has 1 heterocycles. The molecule has 0 fully saturated rings. The number of fused-ring (bicyclic) bond motifs is 12. The summed E-state index contributed by atoms with van der Waals surface area (Å²) in [5, 5.41) is 4.89. The summed E-state index contributed by atoms with van der Waals surface area (Å²) in [5.41, 5.74) is 17.3. The molecule has 1 spiro atoms. The minimum Gasteiger partial charge on any atom is -0.228 e. The zero-order chi connectivity index (χ0) is 37.5. The highest BCUT2D eigenvalue weighted by Gasteiger charge is 2.51. The summed E-state index contributed by atoms with van der Waals surface area (Å²) >= 11 is 0. The van der Waals surface area contributed by atoms with E-state index in [0.29, 0.717) is 5.82 Å². The van der Waals surface area contributed by atoms with E-state index in [1.54, 1.807) is 0 Å². The summed E-state index contributed by atoms with van der Waals surface area (Å²) < 4.78 is 0. The molecule has 9 aromatic carbocycles. The fourth-order valence-electron chi connectivity index (χ4n) is 9.68. The van der Waals surface area contributed by atoms with E-state index in [9.17, 15) is 0 Å². The lowest BCUT2D eigenvalue weighted by Crippen LogP contribution is -2.25. The molecule has 0 saturated heterocycles. The average Bonchev–Trinajstić information content (AvgIpc) is 3.74. The van der Waals surface area contributed by atoms with Crippen LogP contribution in [0.3, 0.4) is 0 Å². The van der Waals surface area contributed by atoms with E-state index < -0.39 is 5.41 Å². The van der Waals surface area contributed by atoms with E-state index >= 15 is 0 Å². The second kappa shape index (κ2) is 12.3. The van der Waals surface area contributed by atoms with E-state index in [-0.39, 0.29) is 0 Å². The van der Waals surface area contributed by atoms with Gasteiger partial charge in [-0.15, -0.1) is 0 Å². The van der Waals surface area contributed by atoms with Crippen molar-refractivity contribution in [3.63, 3.8) is 0 Å². The minimum atomic E-state index is -0.425. The van der Waals surface area contributed by atoms with Crippen molar-refractivity contribution in [3.8, 4) is 67.3 Å². The third kappa shape index (κ3) is 4.77. The first kappa shape index (κ1) is 31.9. The molecule has 2 heteroatoms. The molecule has 57 heavy (non-hydrogen) atoms. The van der Waals surface area contributed by atoms with Crippen LogP contribution in [0, 0.1) is 0 Å². The molecule has 2 nitrogen and oxygen atoms in total. The van der Waals surface area contributed by atoms with Crippen molar-refractivity contribution in [1.29, 1.82) is 0 Å². The Morgan fingerprint density at radius 2 is 0.789 bits per heavy atom. The van der Waals surface area contributed by atoms with E-state index in [4.69, 9.17) is 9.97 Å². The zero-order valence-electron chi connectivity index (χ0n) is 31.0. The molecule has 0 radical (unpaired) electrons. The predicted octanol–water partition coefficient (Wildman–Crippen LogP) is 13.8. The Kier molecular flexibility index (Phi) is 6.88. The molecule has 12 rings (SSSR count). The molecule has 2 aliphatic carbocycles. The van der Waals surface area contributed by atoms with E-state index in [1.165, 1.54) is 71.6 Å². The van der Waals surface area contributed by atoms with Gasteiger partial charge in [0.1, 0.15) is 0 Å². The maximum absolute atomic E-state index is 5.35. The maximum atomic E-state index is 5.35. The third-order valence-corrected chi connectivity index (χ3v) is 12.3. The van der Waals surface area contributed by atoms with Crippen LogP contribution in [0.15, 0.2) is 206 Å². The molecular formula is C55H34N2. The van der Waals surface area contributed by atoms with Crippen LogP contribution in [0.2, 0.25) is 0 Å². The summed E-state index contributed by atoms with van der Waals surface area (Å²) in [4.78, 5) is 10.6. The average molecular weight is 723 g/mol. The molecule has 10 aromatic rings. The summed E-state index contributed by atoms with van der Waals surface area (Å²) in [6.45, 7) is 0. The molecule has 0 N–H and O–H groups in total. The topological polar surface area (TPSA) is 25.8 Å². The standard InChI is InChI=1S/C55H34N2/c1-2-13-35(14-3-1)38-19-12-20-41(29-38)52-34-53(57-54(56-52)43-26-25-36-15-4-5-16-37(36)30-43)42-27-28-50-46(32-42)44-21-8-10-23-48(44)55(50)49-24-11-9-22-45(49)47-31-39-17-6-7-18-40(39)33-51(47)55/h1-34H. The monoisotopic (exact) mass is 722 g/mol. The highest BCUT2D eigenvalue weighted by Crippen LogP contribution is 2.63. The van der Waals surface area contributed by atoms with Gasteiger partial charge in [0.25, 0.3) is 0 Å². The van der Waals surface area contributed by atoms with Gasteiger partial charge < -0.3 is 0 Å². The van der Waals surface area contributed by atoms with E-state index in [0.717, 1.165) is 33.6 Å². The Labute approximate surface area is 331 Å². The highest BCUT2D eigenvalue weighted by atomic mass is 14.9. The number of hydrogen-bond donors (Lipinski definition) is 0. The van der Waals surface area contributed by atoms with Gasteiger partial charge in [-0.1, -0.05) is 170 Å². The van der Waals surface area contributed by atoms with Gasteiger partial charge in [0.05, 0.1) is 16.8 Å². The first-order valence-corrected chi connectivity index (χ1v) is 19.6. The van der Waals surface area contributed by atoms with Gasteiger partial charge in [0, 0.05) is 16.7 Å². The van der Waals surface area contributed by atoms with Crippen molar-refractivity contribution in [1.82, 2.24) is 9.97 Å². The lowest BCUT2D eigenvalue weighted by Gasteiger charge is -2.30. The quantitative estimate of drug-likeness (QED) is 0.181. The van der Waals surface area contributed by atoms with Crippen LogP contribution >= 0.6 is 0 Å². The van der Waals surface area contributed by atoms with Crippen LogP contribution in [0.4, 0.5) is 0 Å². The lowest BCUT2D eigenvalue weighted by atomic mass is 9.70. The largest absolute Gasteiger partial charge is 0.228 e. The van der Waals surface area contributed by atoms with Gasteiger partial charge in [-0.05, 0) is 114 Å². The zero-order valence-corrected chi connectivity index (χ0v) is 31.0. The highest BCUT2D eigenvalue weighted by molar-refractivity contribution is 6.00. The lowest BCUT2D eigenvalue weighted by molar-refractivity contribution is 0.795. The Morgan fingerprint density at radius 3 is 1.53 bits per heavy atom. The van der Waals surface area contributed by atoms with Gasteiger partial charge in [-0.25, -0.2) is 9.97 Å². The smallest absolute Gasteiger partial charge is 0.160 e. The molecule has 1 atom stereocenters. The van der Waals surface area contributed by atoms with Crippen LogP contribution < -0.4 is 0 Å². The second-order valence-electron chi connectivity index (χ2n) is 15.3. The van der Waals surface area contributed by atoms with Crippen LogP contribution in [0.5, 0.6) is 0 Å². The molecule has 0 saturated carbocycles. The summed E-state index contributed by atoms with van der Waals surface area (Å²) in [6.07, 6.45) is 0. The second-order valence-corrected chi connectivity index (χ2v) is 15.3. The minimum absolute atomic E-state index is 0.425. The Bertz CT molecular complexity index is 3250. The number of benzene rings is 9. The molecule has 1 unspecified atom stereocenters. The molecule has 0 bridgehead atoms. The molecular weight excluding hydrogens is 689 g/mol. The van der Waals surface area contributed by atoms with E-state index in [1.807, 2.05) is 0 Å². The summed E-state index contributed by atoms with van der Waals surface area (Å²) in [6, 6.07) is 75.1. The molecule has 2 aliphatic rings. The molecule has 1 aromatic heterocycles. The Hall–Kier alpha value is -7.42. The number of rotatable bonds is 4. The summed E-state index contributed by atoms with van der Waals surface area (Å²) in [7, 11) is 0. The van der Waals surface area contributed by atoms with E-state index in [2.05, 4.69) is 206 Å². The van der Waals surface area contributed by atoms with Gasteiger partial charge in [-0.3, -0.25) is 0 Å². The Balaban J connectivity index is 1.08. The normalized spacial score (nSPS) is 14.7. The summed E-state index contributed by atoms with van der Waals surface area (Å²) in [5.74, 6) is 0.710. The van der Waals surface area contributed by atoms with Gasteiger partial charge >= 0.3 is 0 Å². The Morgan fingerprint density at radius 1 is 0.263 bits per heavy atom. The van der Waals surface area contributed by atoms with Crippen molar-refractivity contribution < 1.29 is 0 Å². The first-order valence-electron chi connectivity index (χ1n) is 19.6. The van der Waals surface area contributed by atoms with Crippen LogP contribution in [-0.2, 0) is 5.41 Å². The van der Waals surface area contributed by atoms with Crippen LogP contribution in [-0.4, -0.2) is 9.97 Å². The number of aromatic nitrogens is 2.